The van der Waals surface area contributed by atoms with Crippen LogP contribution in [0.3, 0.4) is 0 Å². The second kappa shape index (κ2) is 8.33. The number of rotatable bonds is 4. The minimum absolute atomic E-state index is 0.0496. The van der Waals surface area contributed by atoms with Crippen molar-refractivity contribution in [1.82, 2.24) is 10.2 Å². The van der Waals surface area contributed by atoms with Crippen molar-refractivity contribution >= 4 is 46.8 Å². The van der Waals surface area contributed by atoms with Crippen LogP contribution < -0.4 is 10.6 Å². The molecule has 3 amide bonds. The predicted molar refractivity (Wildman–Crippen MR) is 127 cm³/mol. The zero-order chi connectivity index (χ0) is 22.6. The number of hydrogen-bond acceptors (Lipinski definition) is 5. The van der Waals surface area contributed by atoms with Gasteiger partial charge in [0.25, 0.3) is 0 Å². The molecular weight excluding hydrogens is 446 g/mol. The molecule has 2 N–H and O–H groups in total. The van der Waals surface area contributed by atoms with Crippen LogP contribution in [0.2, 0.25) is 5.02 Å². The van der Waals surface area contributed by atoms with E-state index >= 15 is 0 Å². The first-order chi connectivity index (χ1) is 15.4. The molecule has 1 aliphatic carbocycles. The van der Waals surface area contributed by atoms with Crippen molar-refractivity contribution in [3.8, 4) is 0 Å². The summed E-state index contributed by atoms with van der Waals surface area (Å²) in [6.45, 7) is 1.93. The summed E-state index contributed by atoms with van der Waals surface area (Å²) in [6.07, 6.45) is 8.85. The van der Waals surface area contributed by atoms with E-state index in [4.69, 9.17) is 11.6 Å². The third-order valence-electron chi connectivity index (χ3n) is 7.78. The average molecular weight is 476 g/mol. The van der Waals surface area contributed by atoms with Gasteiger partial charge in [-0.15, -0.1) is 0 Å². The van der Waals surface area contributed by atoms with Crippen molar-refractivity contribution in [2.45, 2.75) is 69.5 Å². The van der Waals surface area contributed by atoms with Crippen LogP contribution in [0.15, 0.2) is 12.1 Å². The molecule has 0 bridgehead atoms. The number of anilines is 1. The number of nitrogens with one attached hydrogen (secondary N) is 2. The summed E-state index contributed by atoms with van der Waals surface area (Å²) in [7, 11) is 0. The van der Waals surface area contributed by atoms with Gasteiger partial charge in [-0.3, -0.25) is 24.6 Å². The first kappa shape index (κ1) is 22.2. The maximum Gasteiger partial charge on any atom is 0.250 e. The first-order valence-corrected chi connectivity index (χ1v) is 13.4. The molecule has 6 nitrogen and oxygen atoms in total. The van der Waals surface area contributed by atoms with Crippen LogP contribution in [0.4, 0.5) is 5.69 Å². The fourth-order valence-electron chi connectivity index (χ4n) is 6.39. The molecule has 1 aromatic rings. The quantitative estimate of drug-likeness (QED) is 0.511. The zero-order valence-electron chi connectivity index (χ0n) is 18.6. The molecule has 1 spiro atoms. The first-order valence-electron chi connectivity index (χ1n) is 11.7. The molecule has 4 atom stereocenters. The predicted octanol–water partition coefficient (Wildman–Crippen LogP) is 3.84. The number of imide groups is 1. The van der Waals surface area contributed by atoms with E-state index in [0.717, 1.165) is 56.3 Å². The van der Waals surface area contributed by atoms with E-state index in [2.05, 4.69) is 10.6 Å². The van der Waals surface area contributed by atoms with Crippen LogP contribution in [0, 0.1) is 18.8 Å². The molecule has 32 heavy (non-hydrogen) atoms. The number of hydrogen-bond donors (Lipinski definition) is 2. The summed E-state index contributed by atoms with van der Waals surface area (Å²) in [5.41, 5.74) is 0.948. The molecule has 3 aliphatic heterocycles. The standard InChI is InChI=1S/C24H30ClN3O3S/c1-13-11-15-20(16(25)12-13)26-23(31)24(15)19-18(17(27-24)9-10-32-2)21(29)28(22(19)30)14-7-5-3-4-6-8-14/h11-12,14,17-19,27H,3-10H2,1-2H3,(H,26,31). The van der Waals surface area contributed by atoms with Gasteiger partial charge in [-0.25, -0.2) is 0 Å². The SMILES string of the molecule is CSCCC1NC2(C(=O)Nc3c(Cl)cc(C)cc32)C2C(=O)N(C3CCCCCC3)C(=O)C12. The number of nitrogens with zero attached hydrogens (tertiary/aromatic N) is 1. The lowest BCUT2D eigenvalue weighted by Gasteiger charge is -2.32. The van der Waals surface area contributed by atoms with Crippen LogP contribution >= 0.6 is 23.4 Å². The molecular formula is C24H30ClN3O3S. The molecule has 1 aromatic carbocycles. The minimum Gasteiger partial charge on any atom is -0.323 e. The van der Waals surface area contributed by atoms with E-state index < -0.39 is 17.4 Å². The van der Waals surface area contributed by atoms with E-state index in [-0.39, 0.29) is 29.8 Å². The topological polar surface area (TPSA) is 78.5 Å². The summed E-state index contributed by atoms with van der Waals surface area (Å²) in [5, 5.41) is 6.91. The van der Waals surface area contributed by atoms with Crippen LogP contribution in [0.25, 0.3) is 0 Å². The van der Waals surface area contributed by atoms with E-state index in [0.29, 0.717) is 16.3 Å². The monoisotopic (exact) mass is 475 g/mol. The molecule has 172 valence electrons. The van der Waals surface area contributed by atoms with Gasteiger partial charge in [-0.1, -0.05) is 43.4 Å². The third kappa shape index (κ3) is 3.15. The second-order valence-corrected chi connectivity index (χ2v) is 11.1. The number of benzene rings is 1. The Morgan fingerprint density at radius 1 is 1.12 bits per heavy atom. The molecule has 3 fully saturated rings. The Balaban J connectivity index is 1.61. The number of likely N-dealkylation sites (tertiary alicyclic amines) is 1. The van der Waals surface area contributed by atoms with Crippen molar-refractivity contribution < 1.29 is 14.4 Å². The number of thioether (sulfide) groups is 1. The molecule has 0 aromatic heterocycles. The van der Waals surface area contributed by atoms with E-state index in [9.17, 15) is 14.4 Å². The number of amides is 3. The highest BCUT2D eigenvalue weighted by atomic mass is 35.5. The van der Waals surface area contributed by atoms with Gasteiger partial charge in [0.05, 0.1) is 22.5 Å². The van der Waals surface area contributed by atoms with Gasteiger partial charge in [0.1, 0.15) is 5.54 Å². The Morgan fingerprint density at radius 3 is 2.53 bits per heavy atom. The summed E-state index contributed by atoms with van der Waals surface area (Å²) in [5.74, 6) is -0.956. The molecule has 8 heteroatoms. The highest BCUT2D eigenvalue weighted by Crippen LogP contribution is 2.55. The van der Waals surface area contributed by atoms with E-state index in [1.807, 2.05) is 25.3 Å². The van der Waals surface area contributed by atoms with Gasteiger partial charge in [0.2, 0.25) is 17.7 Å². The van der Waals surface area contributed by atoms with Crippen molar-refractivity contribution in [2.75, 3.05) is 17.3 Å². The lowest BCUT2D eigenvalue weighted by atomic mass is 9.76. The summed E-state index contributed by atoms with van der Waals surface area (Å²) >= 11 is 8.20. The third-order valence-corrected chi connectivity index (χ3v) is 8.72. The van der Waals surface area contributed by atoms with Gasteiger partial charge in [0.15, 0.2) is 0 Å². The Kier molecular flexibility index (Phi) is 5.79. The molecule has 1 saturated carbocycles. The van der Waals surface area contributed by atoms with Crippen LogP contribution in [-0.2, 0) is 19.9 Å². The van der Waals surface area contributed by atoms with Crippen molar-refractivity contribution in [3.63, 3.8) is 0 Å². The highest BCUT2D eigenvalue weighted by molar-refractivity contribution is 7.98. The van der Waals surface area contributed by atoms with Gasteiger partial charge in [-0.05, 0) is 49.8 Å². The largest absolute Gasteiger partial charge is 0.323 e. The molecule has 2 saturated heterocycles. The van der Waals surface area contributed by atoms with Gasteiger partial charge in [0, 0.05) is 17.6 Å². The average Bonchev–Trinajstić information content (AvgIpc) is 3.21. The normalized spacial score (nSPS) is 32.4. The highest BCUT2D eigenvalue weighted by Gasteiger charge is 2.70. The lowest BCUT2D eigenvalue weighted by Crippen LogP contribution is -2.54. The number of halogens is 1. The Labute approximate surface area is 198 Å². The minimum atomic E-state index is -1.25. The summed E-state index contributed by atoms with van der Waals surface area (Å²) in [6, 6.07) is 3.48. The number of carbonyl (C=O) groups excluding carboxylic acids is 3. The molecule has 3 heterocycles. The van der Waals surface area contributed by atoms with Crippen molar-refractivity contribution in [3.05, 3.63) is 28.3 Å². The number of aryl methyl sites for hydroxylation is 1. The number of fused-ring (bicyclic) bond motifs is 4. The Bertz CT molecular complexity index is 977. The smallest absolute Gasteiger partial charge is 0.250 e. The molecule has 0 radical (unpaired) electrons. The van der Waals surface area contributed by atoms with Crippen LogP contribution in [0.5, 0.6) is 0 Å². The number of carbonyl (C=O) groups is 3. The maximum atomic E-state index is 14.0. The van der Waals surface area contributed by atoms with Crippen molar-refractivity contribution in [1.29, 1.82) is 0 Å². The molecule has 4 unspecified atom stereocenters. The Morgan fingerprint density at radius 2 is 1.84 bits per heavy atom. The summed E-state index contributed by atoms with van der Waals surface area (Å²) < 4.78 is 0. The van der Waals surface area contributed by atoms with E-state index in [1.165, 1.54) is 0 Å². The van der Waals surface area contributed by atoms with Gasteiger partial charge < -0.3 is 5.32 Å². The fraction of sp³-hybridized carbons (Fsp3) is 0.625. The van der Waals surface area contributed by atoms with Crippen LogP contribution in [0.1, 0.15) is 56.1 Å². The molecule has 5 rings (SSSR count). The Hall–Kier alpha value is -1.57. The second-order valence-electron chi connectivity index (χ2n) is 9.66. The summed E-state index contributed by atoms with van der Waals surface area (Å²) in [4.78, 5) is 42.8. The van der Waals surface area contributed by atoms with Crippen molar-refractivity contribution in [2.24, 2.45) is 11.8 Å². The van der Waals surface area contributed by atoms with Gasteiger partial charge >= 0.3 is 0 Å². The van der Waals surface area contributed by atoms with Gasteiger partial charge in [-0.2, -0.15) is 11.8 Å². The maximum absolute atomic E-state index is 14.0. The lowest BCUT2D eigenvalue weighted by molar-refractivity contribution is -0.145. The fourth-order valence-corrected chi connectivity index (χ4v) is 7.20. The van der Waals surface area contributed by atoms with E-state index in [1.54, 1.807) is 16.7 Å². The van der Waals surface area contributed by atoms with Crippen LogP contribution in [-0.4, -0.2) is 46.7 Å². The zero-order valence-corrected chi connectivity index (χ0v) is 20.2. The molecule has 4 aliphatic rings.